The Hall–Kier alpha value is -3.18. The Morgan fingerprint density at radius 3 is 2.34 bits per heavy atom. The molecule has 3 rings (SSSR count). The fraction of sp³-hybridized carbons (Fsp3) is 0.294. The van der Waals surface area contributed by atoms with Gasteiger partial charge in [-0.15, -0.1) is 13.2 Å². The molecule has 0 bridgehead atoms. The molecule has 156 valence electrons. The number of carboxylic acids is 1. The zero-order valence-electron chi connectivity index (χ0n) is 14.3. The van der Waals surface area contributed by atoms with E-state index >= 15 is 0 Å². The molecule has 1 aromatic carbocycles. The van der Waals surface area contributed by atoms with Crippen LogP contribution in [0.4, 0.5) is 32.2 Å². The number of nitrogens with zero attached hydrogens (tertiary/aromatic N) is 2. The van der Waals surface area contributed by atoms with Crippen LogP contribution in [0.3, 0.4) is 0 Å². The molecular weight excluding hydrogens is 410 g/mol. The number of rotatable bonds is 5. The summed E-state index contributed by atoms with van der Waals surface area (Å²) in [5, 5.41) is 9.18. The number of carbonyl (C=O) groups is 1. The van der Waals surface area contributed by atoms with Crippen LogP contribution in [0.1, 0.15) is 15.9 Å². The summed E-state index contributed by atoms with van der Waals surface area (Å²) in [5.74, 6) is -2.10. The summed E-state index contributed by atoms with van der Waals surface area (Å²) in [5.41, 5.74) is -1.80. The van der Waals surface area contributed by atoms with E-state index in [1.807, 2.05) is 0 Å². The first-order valence-electron chi connectivity index (χ1n) is 8.00. The van der Waals surface area contributed by atoms with Gasteiger partial charge in [0.2, 0.25) is 0 Å². The summed E-state index contributed by atoms with van der Waals surface area (Å²) >= 11 is 0. The van der Waals surface area contributed by atoms with Crippen molar-refractivity contribution in [2.45, 2.75) is 18.6 Å². The van der Waals surface area contributed by atoms with Crippen molar-refractivity contribution in [3.63, 3.8) is 0 Å². The van der Waals surface area contributed by atoms with Crippen molar-refractivity contribution in [2.75, 3.05) is 18.0 Å². The normalized spacial score (nSPS) is 15.0. The SMILES string of the molecule is O=C(O)c1cc(C(F)(F)F)cnc1N1CC(Oc2cccc(OC(F)(F)F)c2)C1. The van der Waals surface area contributed by atoms with Crippen molar-refractivity contribution in [3.8, 4) is 11.5 Å². The lowest BCUT2D eigenvalue weighted by molar-refractivity contribution is -0.274. The summed E-state index contributed by atoms with van der Waals surface area (Å²) in [4.78, 5) is 16.3. The Bertz CT molecular complexity index is 910. The van der Waals surface area contributed by atoms with Crippen LogP contribution >= 0.6 is 0 Å². The van der Waals surface area contributed by atoms with Crippen LogP contribution in [0.2, 0.25) is 0 Å². The van der Waals surface area contributed by atoms with Crippen molar-refractivity contribution >= 4 is 11.8 Å². The van der Waals surface area contributed by atoms with E-state index in [0.29, 0.717) is 12.3 Å². The zero-order valence-corrected chi connectivity index (χ0v) is 14.3. The third-order valence-electron chi connectivity index (χ3n) is 3.91. The van der Waals surface area contributed by atoms with Gasteiger partial charge in [0.05, 0.1) is 18.7 Å². The number of aromatic carboxylic acids is 1. The Labute approximate surface area is 159 Å². The summed E-state index contributed by atoms with van der Waals surface area (Å²) in [6.45, 7) is 0.173. The van der Waals surface area contributed by atoms with E-state index in [0.717, 1.165) is 12.1 Å². The van der Waals surface area contributed by atoms with Gasteiger partial charge in [0.25, 0.3) is 0 Å². The monoisotopic (exact) mass is 422 g/mol. The lowest BCUT2D eigenvalue weighted by Gasteiger charge is -2.40. The number of alkyl halides is 6. The van der Waals surface area contributed by atoms with Crippen molar-refractivity contribution in [2.24, 2.45) is 0 Å². The van der Waals surface area contributed by atoms with E-state index < -0.39 is 41.5 Å². The molecular formula is C17H12F6N2O4. The van der Waals surface area contributed by atoms with Crippen molar-refractivity contribution in [3.05, 3.63) is 47.7 Å². The molecule has 2 heterocycles. The Morgan fingerprint density at radius 2 is 1.76 bits per heavy atom. The fourth-order valence-electron chi connectivity index (χ4n) is 2.64. The molecule has 1 aliphatic rings. The van der Waals surface area contributed by atoms with E-state index in [-0.39, 0.29) is 24.7 Å². The molecule has 0 spiro atoms. The molecule has 0 atom stereocenters. The topological polar surface area (TPSA) is 71.9 Å². The van der Waals surface area contributed by atoms with Crippen LogP contribution in [0.25, 0.3) is 0 Å². The molecule has 12 heteroatoms. The molecule has 1 fully saturated rings. The smallest absolute Gasteiger partial charge is 0.487 e. The van der Waals surface area contributed by atoms with E-state index in [1.54, 1.807) is 0 Å². The number of anilines is 1. The molecule has 29 heavy (non-hydrogen) atoms. The lowest BCUT2D eigenvalue weighted by Crippen LogP contribution is -2.54. The first kappa shape index (κ1) is 20.6. The maximum atomic E-state index is 12.8. The van der Waals surface area contributed by atoms with Gasteiger partial charge < -0.3 is 19.5 Å². The minimum atomic E-state index is -4.85. The van der Waals surface area contributed by atoms with Crippen molar-refractivity contribution in [1.82, 2.24) is 4.98 Å². The first-order chi connectivity index (χ1) is 13.4. The number of benzene rings is 1. The Morgan fingerprint density at radius 1 is 1.10 bits per heavy atom. The highest BCUT2D eigenvalue weighted by Crippen LogP contribution is 2.33. The van der Waals surface area contributed by atoms with Crippen LogP contribution in [-0.2, 0) is 6.18 Å². The minimum Gasteiger partial charge on any atom is -0.487 e. The van der Waals surface area contributed by atoms with Gasteiger partial charge in [-0.25, -0.2) is 9.78 Å². The Kier molecular flexibility index (Phi) is 5.20. The summed E-state index contributed by atoms with van der Waals surface area (Å²) in [6, 6.07) is 5.34. The standard InChI is InChI=1S/C17H12F6N2O4/c18-16(19,20)9-4-13(15(26)27)14(24-6-9)25-7-12(8-25)28-10-2-1-3-11(5-10)29-17(21,22)23/h1-6,12H,7-8H2,(H,26,27). The average molecular weight is 422 g/mol. The second-order valence-electron chi connectivity index (χ2n) is 6.07. The van der Waals surface area contributed by atoms with Gasteiger partial charge in [-0.1, -0.05) is 6.07 Å². The molecule has 1 saturated heterocycles. The highest BCUT2D eigenvalue weighted by atomic mass is 19.4. The summed E-state index contributed by atoms with van der Waals surface area (Å²) in [6.07, 6.45) is -9.58. The Balaban J connectivity index is 1.67. The number of hydrogen-bond donors (Lipinski definition) is 1. The second kappa shape index (κ2) is 7.33. The van der Waals surface area contributed by atoms with Crippen molar-refractivity contribution < 1.29 is 45.7 Å². The highest BCUT2D eigenvalue weighted by molar-refractivity contribution is 5.93. The molecule has 1 N–H and O–H groups in total. The number of halogens is 6. The van der Waals surface area contributed by atoms with Crippen molar-refractivity contribution in [1.29, 1.82) is 0 Å². The predicted octanol–water partition coefficient (Wildman–Crippen LogP) is 3.96. The van der Waals surface area contributed by atoms with E-state index in [4.69, 9.17) is 4.74 Å². The molecule has 0 saturated carbocycles. The molecule has 6 nitrogen and oxygen atoms in total. The molecule has 1 aliphatic heterocycles. The number of pyridine rings is 1. The summed E-state index contributed by atoms with van der Waals surface area (Å²) in [7, 11) is 0. The fourth-order valence-corrected chi connectivity index (χ4v) is 2.64. The summed E-state index contributed by atoms with van der Waals surface area (Å²) < 4.78 is 84.3. The second-order valence-corrected chi connectivity index (χ2v) is 6.07. The van der Waals surface area contributed by atoms with Gasteiger partial charge in [-0.3, -0.25) is 0 Å². The quantitative estimate of drug-likeness (QED) is 0.736. The average Bonchev–Trinajstić information content (AvgIpc) is 2.55. The lowest BCUT2D eigenvalue weighted by atomic mass is 10.1. The van der Waals surface area contributed by atoms with Crippen LogP contribution in [-0.4, -0.2) is 41.6 Å². The molecule has 0 radical (unpaired) electrons. The third-order valence-corrected chi connectivity index (χ3v) is 3.91. The maximum absolute atomic E-state index is 12.8. The molecule has 0 aliphatic carbocycles. The van der Waals surface area contributed by atoms with E-state index in [2.05, 4.69) is 9.72 Å². The highest BCUT2D eigenvalue weighted by Gasteiger charge is 2.36. The van der Waals surface area contributed by atoms with Gasteiger partial charge in [0.15, 0.2) is 0 Å². The van der Waals surface area contributed by atoms with Gasteiger partial charge in [-0.2, -0.15) is 13.2 Å². The van der Waals surface area contributed by atoms with Crippen LogP contribution in [0.15, 0.2) is 36.5 Å². The van der Waals surface area contributed by atoms with Gasteiger partial charge >= 0.3 is 18.5 Å². The molecule has 0 unspecified atom stereocenters. The zero-order chi connectivity index (χ0) is 21.4. The van der Waals surface area contributed by atoms with Gasteiger partial charge in [0.1, 0.15) is 29.0 Å². The van der Waals surface area contributed by atoms with Gasteiger partial charge in [-0.05, 0) is 18.2 Å². The molecule has 1 aromatic heterocycles. The minimum absolute atomic E-state index is 0.0863. The largest absolute Gasteiger partial charge is 0.573 e. The van der Waals surface area contributed by atoms with Crippen LogP contribution in [0.5, 0.6) is 11.5 Å². The number of carboxylic acid groups (broad SMARTS) is 1. The van der Waals surface area contributed by atoms with Crippen LogP contribution < -0.4 is 14.4 Å². The van der Waals surface area contributed by atoms with E-state index in [1.165, 1.54) is 17.0 Å². The molecule has 2 aromatic rings. The maximum Gasteiger partial charge on any atom is 0.573 e. The molecule has 0 amide bonds. The number of hydrogen-bond acceptors (Lipinski definition) is 5. The van der Waals surface area contributed by atoms with E-state index in [9.17, 15) is 36.2 Å². The third kappa shape index (κ3) is 5.00. The first-order valence-corrected chi connectivity index (χ1v) is 8.00. The van der Waals surface area contributed by atoms with Crippen LogP contribution in [0, 0.1) is 0 Å². The van der Waals surface area contributed by atoms with Gasteiger partial charge in [0, 0.05) is 12.3 Å². The number of ether oxygens (including phenoxy) is 2. The number of aromatic nitrogens is 1. The predicted molar refractivity (Wildman–Crippen MR) is 86.0 cm³/mol.